The molecule has 2 aromatic rings. The van der Waals surface area contributed by atoms with E-state index in [0.717, 1.165) is 6.42 Å². The standard InChI is InChI=1S/C16H22N2O2/c1-4-12(2)18(11-16(19)20)10-13-9-17(3)15-8-6-5-7-14(13)15/h5-9,12H,4,10-11H2,1-3H3,(H,19,20). The van der Waals surface area contributed by atoms with E-state index in [9.17, 15) is 4.79 Å². The van der Waals surface area contributed by atoms with Gasteiger partial charge in [0.25, 0.3) is 0 Å². The molecule has 0 radical (unpaired) electrons. The SMILES string of the molecule is CCC(C)N(CC(=O)O)Cc1cn(C)c2ccccc12. The third-order valence-corrected chi connectivity index (χ3v) is 3.91. The zero-order valence-corrected chi connectivity index (χ0v) is 12.3. The molecule has 0 amide bonds. The van der Waals surface area contributed by atoms with Gasteiger partial charge in [-0.25, -0.2) is 0 Å². The number of nitrogens with zero attached hydrogens (tertiary/aromatic N) is 2. The molecule has 0 bridgehead atoms. The predicted octanol–water partition coefficient (Wildman–Crippen LogP) is 2.86. The van der Waals surface area contributed by atoms with Crippen LogP contribution >= 0.6 is 0 Å². The second-order valence-corrected chi connectivity index (χ2v) is 5.34. The number of hydrogen-bond acceptors (Lipinski definition) is 2. The lowest BCUT2D eigenvalue weighted by atomic mass is 10.1. The number of para-hydroxylation sites is 1. The van der Waals surface area contributed by atoms with E-state index < -0.39 is 5.97 Å². The molecule has 0 aliphatic heterocycles. The van der Waals surface area contributed by atoms with Crippen LogP contribution < -0.4 is 0 Å². The Balaban J connectivity index is 2.30. The van der Waals surface area contributed by atoms with Crippen LogP contribution in [0.3, 0.4) is 0 Å². The number of aliphatic carboxylic acids is 1. The van der Waals surface area contributed by atoms with E-state index in [1.807, 2.05) is 24.1 Å². The Hall–Kier alpha value is -1.81. The number of benzene rings is 1. The summed E-state index contributed by atoms with van der Waals surface area (Å²) in [6.07, 6.45) is 3.04. The molecule has 1 N–H and O–H groups in total. The van der Waals surface area contributed by atoms with Crippen LogP contribution in [-0.4, -0.2) is 33.1 Å². The number of carboxylic acids is 1. The molecule has 1 atom stereocenters. The summed E-state index contributed by atoms with van der Waals surface area (Å²) in [4.78, 5) is 13.1. The number of aromatic nitrogens is 1. The minimum Gasteiger partial charge on any atom is -0.480 e. The Morgan fingerprint density at radius 1 is 1.40 bits per heavy atom. The van der Waals surface area contributed by atoms with E-state index in [0.29, 0.717) is 6.54 Å². The highest BCUT2D eigenvalue weighted by atomic mass is 16.4. The summed E-state index contributed by atoms with van der Waals surface area (Å²) >= 11 is 0. The third-order valence-electron chi connectivity index (χ3n) is 3.91. The van der Waals surface area contributed by atoms with Crippen LogP contribution in [0.4, 0.5) is 0 Å². The van der Waals surface area contributed by atoms with Crippen LogP contribution in [0.5, 0.6) is 0 Å². The van der Waals surface area contributed by atoms with E-state index in [-0.39, 0.29) is 12.6 Å². The fourth-order valence-electron chi connectivity index (χ4n) is 2.57. The second-order valence-electron chi connectivity index (χ2n) is 5.34. The molecule has 0 fully saturated rings. The largest absolute Gasteiger partial charge is 0.480 e. The first-order chi connectivity index (χ1) is 9.52. The average Bonchev–Trinajstić information content (AvgIpc) is 2.74. The molecule has 2 rings (SSSR count). The van der Waals surface area contributed by atoms with Crippen molar-refractivity contribution in [3.8, 4) is 0 Å². The van der Waals surface area contributed by atoms with Crippen molar-refractivity contribution in [3.63, 3.8) is 0 Å². The van der Waals surface area contributed by atoms with Gasteiger partial charge in [0.2, 0.25) is 0 Å². The highest BCUT2D eigenvalue weighted by Gasteiger charge is 2.18. The van der Waals surface area contributed by atoms with Gasteiger partial charge in [-0.1, -0.05) is 25.1 Å². The van der Waals surface area contributed by atoms with Gasteiger partial charge in [0, 0.05) is 36.7 Å². The van der Waals surface area contributed by atoms with E-state index in [1.165, 1.54) is 16.5 Å². The number of hydrogen-bond donors (Lipinski definition) is 1. The quantitative estimate of drug-likeness (QED) is 0.881. The first-order valence-corrected chi connectivity index (χ1v) is 7.01. The van der Waals surface area contributed by atoms with Crippen molar-refractivity contribution in [3.05, 3.63) is 36.0 Å². The maximum Gasteiger partial charge on any atom is 0.317 e. The lowest BCUT2D eigenvalue weighted by Crippen LogP contribution is -2.36. The molecule has 108 valence electrons. The maximum atomic E-state index is 11.0. The van der Waals surface area contributed by atoms with Gasteiger partial charge in [-0.05, 0) is 25.0 Å². The van der Waals surface area contributed by atoms with E-state index in [1.54, 1.807) is 0 Å². The molecule has 4 nitrogen and oxygen atoms in total. The molecular weight excluding hydrogens is 252 g/mol. The lowest BCUT2D eigenvalue weighted by molar-refractivity contribution is -0.139. The summed E-state index contributed by atoms with van der Waals surface area (Å²) < 4.78 is 2.10. The smallest absolute Gasteiger partial charge is 0.317 e. The molecule has 1 aromatic carbocycles. The summed E-state index contributed by atoms with van der Waals surface area (Å²) in [7, 11) is 2.02. The zero-order valence-electron chi connectivity index (χ0n) is 12.3. The highest BCUT2D eigenvalue weighted by molar-refractivity contribution is 5.83. The van der Waals surface area contributed by atoms with Crippen molar-refractivity contribution in [1.82, 2.24) is 9.47 Å². The number of carbonyl (C=O) groups is 1. The summed E-state index contributed by atoms with van der Waals surface area (Å²) in [6, 6.07) is 8.49. The van der Waals surface area contributed by atoms with Crippen LogP contribution in [-0.2, 0) is 18.4 Å². The Bertz CT molecular complexity index is 604. The van der Waals surface area contributed by atoms with Gasteiger partial charge in [-0.3, -0.25) is 9.69 Å². The normalized spacial score (nSPS) is 13.0. The predicted molar refractivity (Wildman–Crippen MR) is 80.7 cm³/mol. The minimum absolute atomic E-state index is 0.0816. The van der Waals surface area contributed by atoms with Crippen LogP contribution in [0.15, 0.2) is 30.5 Å². The Labute approximate surface area is 119 Å². The molecular formula is C16H22N2O2. The van der Waals surface area contributed by atoms with E-state index >= 15 is 0 Å². The van der Waals surface area contributed by atoms with Gasteiger partial charge in [0.05, 0.1) is 6.54 Å². The number of fused-ring (bicyclic) bond motifs is 1. The maximum absolute atomic E-state index is 11.0. The monoisotopic (exact) mass is 274 g/mol. The average molecular weight is 274 g/mol. The molecule has 1 aromatic heterocycles. The molecule has 0 saturated heterocycles. The fourth-order valence-corrected chi connectivity index (χ4v) is 2.57. The summed E-state index contributed by atoms with van der Waals surface area (Å²) in [6.45, 7) is 4.91. The van der Waals surface area contributed by atoms with E-state index in [4.69, 9.17) is 5.11 Å². The molecule has 0 spiro atoms. The van der Waals surface area contributed by atoms with Gasteiger partial charge in [-0.15, -0.1) is 0 Å². The number of carboxylic acid groups (broad SMARTS) is 1. The van der Waals surface area contributed by atoms with Crippen LogP contribution in [0.25, 0.3) is 10.9 Å². The van der Waals surface area contributed by atoms with Crippen molar-refractivity contribution >= 4 is 16.9 Å². The molecule has 1 unspecified atom stereocenters. The lowest BCUT2D eigenvalue weighted by Gasteiger charge is -2.26. The topological polar surface area (TPSA) is 45.5 Å². The van der Waals surface area contributed by atoms with Gasteiger partial charge in [0.1, 0.15) is 0 Å². The Morgan fingerprint density at radius 2 is 2.10 bits per heavy atom. The zero-order chi connectivity index (χ0) is 14.7. The van der Waals surface area contributed by atoms with Crippen LogP contribution in [0.1, 0.15) is 25.8 Å². The molecule has 4 heteroatoms. The van der Waals surface area contributed by atoms with Gasteiger partial charge in [0.15, 0.2) is 0 Å². The molecule has 0 saturated carbocycles. The van der Waals surface area contributed by atoms with Crippen molar-refractivity contribution in [2.45, 2.75) is 32.9 Å². The minimum atomic E-state index is -0.773. The van der Waals surface area contributed by atoms with Crippen molar-refractivity contribution < 1.29 is 9.90 Å². The van der Waals surface area contributed by atoms with Crippen molar-refractivity contribution in [1.29, 1.82) is 0 Å². The molecule has 20 heavy (non-hydrogen) atoms. The van der Waals surface area contributed by atoms with E-state index in [2.05, 4.69) is 36.7 Å². The number of rotatable bonds is 6. The summed E-state index contributed by atoms with van der Waals surface area (Å²) in [5, 5.41) is 10.3. The second kappa shape index (κ2) is 6.09. The summed E-state index contributed by atoms with van der Waals surface area (Å²) in [5.41, 5.74) is 2.37. The first-order valence-electron chi connectivity index (χ1n) is 7.01. The van der Waals surface area contributed by atoms with Crippen molar-refractivity contribution in [2.75, 3.05) is 6.54 Å². The van der Waals surface area contributed by atoms with Crippen molar-refractivity contribution in [2.24, 2.45) is 7.05 Å². The van der Waals surface area contributed by atoms with Crippen LogP contribution in [0, 0.1) is 0 Å². The van der Waals surface area contributed by atoms with Gasteiger partial charge >= 0.3 is 5.97 Å². The summed E-state index contributed by atoms with van der Waals surface area (Å²) in [5.74, 6) is -0.773. The van der Waals surface area contributed by atoms with Crippen LogP contribution in [0.2, 0.25) is 0 Å². The first kappa shape index (κ1) is 14.6. The number of aryl methyl sites for hydroxylation is 1. The molecule has 1 heterocycles. The third kappa shape index (κ3) is 3.02. The highest BCUT2D eigenvalue weighted by Crippen LogP contribution is 2.22. The van der Waals surface area contributed by atoms with Gasteiger partial charge < -0.3 is 9.67 Å². The molecule has 0 aliphatic carbocycles. The fraction of sp³-hybridized carbons (Fsp3) is 0.438. The Morgan fingerprint density at radius 3 is 2.75 bits per heavy atom. The molecule has 0 aliphatic rings. The Kier molecular flexibility index (Phi) is 4.45. The van der Waals surface area contributed by atoms with Gasteiger partial charge in [-0.2, -0.15) is 0 Å².